The summed E-state index contributed by atoms with van der Waals surface area (Å²) in [6, 6.07) is 10.6. The smallest absolute Gasteiger partial charge is 0.243 e. The standard InChI is InChI=1S/C17H18N4O3S2/c22-17-12-25-15-5-4-13(11-14(15)19-17)26(23,24)21-9-7-20(8-10-21)16-3-1-2-6-18-16/h1-6,11H,7-10,12H2,(H,19,22). The molecule has 1 aromatic heterocycles. The molecule has 3 heterocycles. The first-order valence-corrected chi connectivity index (χ1v) is 10.7. The van der Waals surface area contributed by atoms with Crippen LogP contribution in [-0.2, 0) is 14.8 Å². The average molecular weight is 390 g/mol. The molecule has 1 saturated heterocycles. The van der Waals surface area contributed by atoms with Crippen LogP contribution in [0.1, 0.15) is 0 Å². The Morgan fingerprint density at radius 1 is 1.08 bits per heavy atom. The maximum absolute atomic E-state index is 13.0. The summed E-state index contributed by atoms with van der Waals surface area (Å²) >= 11 is 1.42. The SMILES string of the molecule is O=C1CSc2ccc(S(=O)(=O)N3CCN(c4ccccn4)CC3)cc2N1. The van der Waals surface area contributed by atoms with Crippen molar-refractivity contribution >= 4 is 39.2 Å². The molecule has 26 heavy (non-hydrogen) atoms. The van der Waals surface area contributed by atoms with Gasteiger partial charge in [-0.1, -0.05) is 6.07 Å². The molecule has 0 unspecified atom stereocenters. The second-order valence-electron chi connectivity index (χ2n) is 6.07. The van der Waals surface area contributed by atoms with E-state index in [2.05, 4.69) is 15.2 Å². The van der Waals surface area contributed by atoms with E-state index in [0.717, 1.165) is 10.7 Å². The number of aromatic nitrogens is 1. The van der Waals surface area contributed by atoms with Gasteiger partial charge in [-0.15, -0.1) is 11.8 Å². The number of hydrogen-bond acceptors (Lipinski definition) is 6. The van der Waals surface area contributed by atoms with Gasteiger partial charge in [-0.2, -0.15) is 4.31 Å². The van der Waals surface area contributed by atoms with Crippen LogP contribution in [-0.4, -0.2) is 55.5 Å². The van der Waals surface area contributed by atoms with Crippen LogP contribution in [0.3, 0.4) is 0 Å². The van der Waals surface area contributed by atoms with Gasteiger partial charge in [0.05, 0.1) is 16.3 Å². The predicted octanol–water partition coefficient (Wildman–Crippen LogP) is 1.64. The number of thioether (sulfide) groups is 1. The van der Waals surface area contributed by atoms with Gasteiger partial charge in [0.1, 0.15) is 5.82 Å². The number of nitrogens with one attached hydrogen (secondary N) is 1. The van der Waals surface area contributed by atoms with Crippen molar-refractivity contribution in [3.05, 3.63) is 42.6 Å². The summed E-state index contributed by atoms with van der Waals surface area (Å²) in [6.45, 7) is 1.98. The molecule has 1 amide bonds. The molecule has 136 valence electrons. The lowest BCUT2D eigenvalue weighted by atomic mass is 10.3. The number of benzene rings is 1. The molecule has 0 aliphatic carbocycles. The van der Waals surface area contributed by atoms with Crippen LogP contribution in [0.5, 0.6) is 0 Å². The Kier molecular flexibility index (Phi) is 4.60. The third-order valence-electron chi connectivity index (χ3n) is 4.43. The quantitative estimate of drug-likeness (QED) is 0.858. The van der Waals surface area contributed by atoms with Gasteiger partial charge >= 0.3 is 0 Å². The Balaban J connectivity index is 1.51. The molecule has 2 aliphatic heterocycles. The molecular formula is C17H18N4O3S2. The molecule has 1 fully saturated rings. The third-order valence-corrected chi connectivity index (χ3v) is 7.40. The topological polar surface area (TPSA) is 82.6 Å². The highest BCUT2D eigenvalue weighted by Gasteiger charge is 2.30. The van der Waals surface area contributed by atoms with Crippen molar-refractivity contribution in [3.63, 3.8) is 0 Å². The number of nitrogens with zero attached hydrogens (tertiary/aromatic N) is 3. The van der Waals surface area contributed by atoms with Gasteiger partial charge < -0.3 is 10.2 Å². The largest absolute Gasteiger partial charge is 0.354 e. The number of hydrogen-bond donors (Lipinski definition) is 1. The van der Waals surface area contributed by atoms with E-state index >= 15 is 0 Å². The molecule has 7 nitrogen and oxygen atoms in total. The van der Waals surface area contributed by atoms with E-state index in [-0.39, 0.29) is 10.8 Å². The fourth-order valence-electron chi connectivity index (χ4n) is 3.07. The van der Waals surface area contributed by atoms with Crippen molar-refractivity contribution in [2.75, 3.05) is 42.1 Å². The van der Waals surface area contributed by atoms with Gasteiger partial charge in [-0.25, -0.2) is 13.4 Å². The van der Waals surface area contributed by atoms with Crippen molar-refractivity contribution in [2.24, 2.45) is 0 Å². The molecule has 0 spiro atoms. The lowest BCUT2D eigenvalue weighted by Crippen LogP contribution is -2.48. The van der Waals surface area contributed by atoms with E-state index < -0.39 is 10.0 Å². The predicted molar refractivity (Wildman–Crippen MR) is 101 cm³/mol. The zero-order valence-corrected chi connectivity index (χ0v) is 15.6. The van der Waals surface area contributed by atoms with E-state index in [0.29, 0.717) is 37.6 Å². The Morgan fingerprint density at radius 2 is 1.88 bits per heavy atom. The lowest BCUT2D eigenvalue weighted by Gasteiger charge is -2.34. The number of pyridine rings is 1. The Labute approximate surface area is 156 Å². The van der Waals surface area contributed by atoms with Crippen LogP contribution in [0.25, 0.3) is 0 Å². The molecule has 0 bridgehead atoms. The van der Waals surface area contributed by atoms with Crippen molar-refractivity contribution in [3.8, 4) is 0 Å². The first kappa shape index (κ1) is 17.3. The van der Waals surface area contributed by atoms with Gasteiger partial charge in [0.25, 0.3) is 0 Å². The van der Waals surface area contributed by atoms with E-state index in [1.165, 1.54) is 16.1 Å². The zero-order chi connectivity index (χ0) is 18.1. The summed E-state index contributed by atoms with van der Waals surface area (Å²) < 4.78 is 27.4. The summed E-state index contributed by atoms with van der Waals surface area (Å²) in [5.41, 5.74) is 0.569. The number of carbonyl (C=O) groups is 1. The first-order chi connectivity index (χ1) is 12.5. The highest BCUT2D eigenvalue weighted by Crippen LogP contribution is 2.34. The monoisotopic (exact) mass is 390 g/mol. The van der Waals surface area contributed by atoms with Crippen LogP contribution in [0, 0.1) is 0 Å². The number of anilines is 2. The van der Waals surface area contributed by atoms with Crippen LogP contribution in [0.15, 0.2) is 52.4 Å². The van der Waals surface area contributed by atoms with Gasteiger partial charge in [-0.3, -0.25) is 4.79 Å². The summed E-state index contributed by atoms with van der Waals surface area (Å²) in [7, 11) is -3.59. The minimum Gasteiger partial charge on any atom is -0.354 e. The van der Waals surface area contributed by atoms with Gasteiger partial charge in [-0.05, 0) is 30.3 Å². The number of piperazine rings is 1. The van der Waals surface area contributed by atoms with E-state index in [9.17, 15) is 13.2 Å². The Hall–Kier alpha value is -2.10. The van der Waals surface area contributed by atoms with Crippen LogP contribution < -0.4 is 10.2 Å². The van der Waals surface area contributed by atoms with E-state index in [4.69, 9.17) is 0 Å². The number of amides is 1. The average Bonchev–Trinajstić information content (AvgIpc) is 2.68. The highest BCUT2D eigenvalue weighted by atomic mass is 32.2. The molecule has 1 N–H and O–H groups in total. The molecule has 4 rings (SSSR count). The summed E-state index contributed by atoms with van der Waals surface area (Å²) in [4.78, 5) is 19.1. The maximum Gasteiger partial charge on any atom is 0.243 e. The van der Waals surface area contributed by atoms with E-state index in [1.54, 1.807) is 24.4 Å². The fraction of sp³-hybridized carbons (Fsp3) is 0.294. The molecule has 0 saturated carbocycles. The molecule has 1 aromatic carbocycles. The summed E-state index contributed by atoms with van der Waals surface area (Å²) in [5, 5.41) is 2.74. The van der Waals surface area contributed by atoms with Crippen molar-refractivity contribution < 1.29 is 13.2 Å². The third kappa shape index (κ3) is 3.29. The zero-order valence-electron chi connectivity index (χ0n) is 14.0. The molecule has 0 radical (unpaired) electrons. The number of rotatable bonds is 3. The van der Waals surface area contributed by atoms with E-state index in [1.807, 2.05) is 18.2 Å². The summed E-state index contributed by atoms with van der Waals surface area (Å²) in [5.74, 6) is 1.10. The molecule has 9 heteroatoms. The van der Waals surface area contributed by atoms with Crippen molar-refractivity contribution in [1.29, 1.82) is 0 Å². The van der Waals surface area contributed by atoms with Crippen LogP contribution in [0.2, 0.25) is 0 Å². The summed E-state index contributed by atoms with van der Waals surface area (Å²) in [6.07, 6.45) is 1.73. The maximum atomic E-state index is 13.0. The minimum absolute atomic E-state index is 0.110. The number of carbonyl (C=O) groups excluding carboxylic acids is 1. The number of sulfonamides is 1. The Morgan fingerprint density at radius 3 is 2.62 bits per heavy atom. The van der Waals surface area contributed by atoms with Crippen LogP contribution >= 0.6 is 11.8 Å². The van der Waals surface area contributed by atoms with Gasteiger partial charge in [0.15, 0.2) is 0 Å². The fourth-order valence-corrected chi connectivity index (χ4v) is 5.31. The number of fused-ring (bicyclic) bond motifs is 1. The second-order valence-corrected chi connectivity index (χ2v) is 9.03. The van der Waals surface area contributed by atoms with Crippen molar-refractivity contribution in [2.45, 2.75) is 9.79 Å². The molecular weight excluding hydrogens is 372 g/mol. The van der Waals surface area contributed by atoms with Crippen molar-refractivity contribution in [1.82, 2.24) is 9.29 Å². The first-order valence-electron chi connectivity index (χ1n) is 8.27. The normalized spacial score (nSPS) is 18.3. The molecule has 2 aromatic rings. The Bertz CT molecular complexity index is 926. The molecule has 2 aliphatic rings. The van der Waals surface area contributed by atoms with Gasteiger partial charge in [0.2, 0.25) is 15.9 Å². The second kappa shape index (κ2) is 6.90. The molecule has 0 atom stereocenters. The minimum atomic E-state index is -3.59. The highest BCUT2D eigenvalue weighted by molar-refractivity contribution is 8.00. The van der Waals surface area contributed by atoms with Crippen LogP contribution in [0.4, 0.5) is 11.5 Å². The van der Waals surface area contributed by atoms with Gasteiger partial charge in [0, 0.05) is 37.3 Å². The lowest BCUT2D eigenvalue weighted by molar-refractivity contribution is -0.113.